The Balaban J connectivity index is 0. The zero-order valence-corrected chi connectivity index (χ0v) is 11.5. The third-order valence-corrected chi connectivity index (χ3v) is 1.67. The summed E-state index contributed by atoms with van der Waals surface area (Å²) in [5.41, 5.74) is 3.40. The minimum Gasteiger partial charge on any atom is -0.261 e. The van der Waals surface area contributed by atoms with Crippen LogP contribution in [0.1, 0.15) is 44.5 Å². The Morgan fingerprint density at radius 3 is 2.19 bits per heavy atom. The van der Waals surface area contributed by atoms with Gasteiger partial charge in [-0.1, -0.05) is 52.5 Å². The second kappa shape index (κ2) is 11.7. The standard InChI is InChI=1S/C11H13N.2C2H6/c1-4-5-6-11-7-9(2)8-12-10(11)3;2*1-2/h4-8H,1H2,2-3H3;2*1-2H3/b6-5-;;. The van der Waals surface area contributed by atoms with E-state index < -0.39 is 0 Å². The molecule has 1 rings (SSSR count). The van der Waals surface area contributed by atoms with Gasteiger partial charge in [0.25, 0.3) is 0 Å². The highest BCUT2D eigenvalue weighted by molar-refractivity contribution is 5.53. The van der Waals surface area contributed by atoms with E-state index in [1.165, 1.54) is 5.56 Å². The van der Waals surface area contributed by atoms with Crippen LogP contribution in [0.25, 0.3) is 6.08 Å². The second-order valence-corrected chi connectivity index (χ2v) is 2.78. The maximum Gasteiger partial charge on any atom is 0.0445 e. The molecule has 1 nitrogen and oxygen atoms in total. The van der Waals surface area contributed by atoms with Crippen LogP contribution in [0, 0.1) is 13.8 Å². The fraction of sp³-hybridized carbons (Fsp3) is 0.400. The summed E-state index contributed by atoms with van der Waals surface area (Å²) in [5.74, 6) is 0. The predicted octanol–water partition coefficient (Wildman–Crippen LogP) is 4.95. The van der Waals surface area contributed by atoms with Crippen LogP contribution >= 0.6 is 0 Å². The zero-order valence-electron chi connectivity index (χ0n) is 11.5. The predicted molar refractivity (Wildman–Crippen MR) is 75.6 cm³/mol. The normalized spacial score (nSPS) is 8.62. The van der Waals surface area contributed by atoms with Gasteiger partial charge < -0.3 is 0 Å². The Bertz CT molecular complexity index is 311. The summed E-state index contributed by atoms with van der Waals surface area (Å²) in [7, 11) is 0. The zero-order chi connectivity index (χ0) is 13.0. The van der Waals surface area contributed by atoms with E-state index in [0.717, 1.165) is 11.3 Å². The van der Waals surface area contributed by atoms with Crippen LogP contribution in [0.2, 0.25) is 0 Å². The number of hydrogen-bond donors (Lipinski definition) is 0. The molecule has 0 saturated carbocycles. The van der Waals surface area contributed by atoms with Gasteiger partial charge in [-0.25, -0.2) is 0 Å². The number of hydrogen-bond acceptors (Lipinski definition) is 1. The molecular formula is C15H25N. The van der Waals surface area contributed by atoms with E-state index in [1.807, 2.05) is 59.9 Å². The lowest BCUT2D eigenvalue weighted by atomic mass is 10.1. The van der Waals surface area contributed by atoms with E-state index in [4.69, 9.17) is 0 Å². The minimum atomic E-state index is 1.05. The van der Waals surface area contributed by atoms with E-state index in [9.17, 15) is 0 Å². The van der Waals surface area contributed by atoms with Crippen molar-refractivity contribution in [2.24, 2.45) is 0 Å². The molecule has 0 aliphatic rings. The maximum atomic E-state index is 4.25. The van der Waals surface area contributed by atoms with E-state index >= 15 is 0 Å². The minimum absolute atomic E-state index is 1.05. The lowest BCUT2D eigenvalue weighted by Gasteiger charge is -1.99. The summed E-state index contributed by atoms with van der Waals surface area (Å²) in [6, 6.07) is 2.11. The Hall–Kier alpha value is -1.37. The average molecular weight is 219 g/mol. The van der Waals surface area contributed by atoms with Crippen LogP contribution in [-0.2, 0) is 0 Å². The fourth-order valence-corrected chi connectivity index (χ4v) is 1.00. The first-order valence-corrected chi connectivity index (χ1v) is 5.96. The van der Waals surface area contributed by atoms with Crippen molar-refractivity contribution in [2.75, 3.05) is 0 Å². The summed E-state index contributed by atoms with van der Waals surface area (Å²) in [5, 5.41) is 0. The molecule has 0 aromatic carbocycles. The number of nitrogens with zero attached hydrogens (tertiary/aromatic N) is 1. The van der Waals surface area contributed by atoms with Gasteiger partial charge in [0.1, 0.15) is 0 Å². The molecule has 90 valence electrons. The monoisotopic (exact) mass is 219 g/mol. The van der Waals surface area contributed by atoms with Crippen LogP contribution in [0.5, 0.6) is 0 Å². The summed E-state index contributed by atoms with van der Waals surface area (Å²) >= 11 is 0. The van der Waals surface area contributed by atoms with Gasteiger partial charge in [-0.2, -0.15) is 0 Å². The third kappa shape index (κ3) is 6.99. The van der Waals surface area contributed by atoms with Crippen molar-refractivity contribution in [1.82, 2.24) is 4.98 Å². The molecule has 0 N–H and O–H groups in total. The number of rotatable bonds is 2. The molecule has 1 aromatic heterocycles. The van der Waals surface area contributed by atoms with Crippen LogP contribution in [-0.4, -0.2) is 4.98 Å². The molecule has 0 atom stereocenters. The van der Waals surface area contributed by atoms with Gasteiger partial charge in [0.05, 0.1) is 0 Å². The molecule has 0 aliphatic carbocycles. The third-order valence-electron chi connectivity index (χ3n) is 1.67. The van der Waals surface area contributed by atoms with Crippen molar-refractivity contribution in [1.29, 1.82) is 0 Å². The first kappa shape index (κ1) is 17.0. The molecule has 0 fully saturated rings. The molecule has 0 radical (unpaired) electrons. The highest BCUT2D eigenvalue weighted by Crippen LogP contribution is 2.08. The lowest BCUT2D eigenvalue weighted by Crippen LogP contribution is -1.86. The van der Waals surface area contributed by atoms with E-state index in [1.54, 1.807) is 6.08 Å². The average Bonchev–Trinajstić information content (AvgIpc) is 2.35. The molecule has 0 aliphatic heterocycles. The number of aromatic nitrogens is 1. The Morgan fingerprint density at radius 1 is 1.12 bits per heavy atom. The van der Waals surface area contributed by atoms with Crippen molar-refractivity contribution in [3.8, 4) is 0 Å². The highest BCUT2D eigenvalue weighted by Gasteiger charge is 1.93. The van der Waals surface area contributed by atoms with Crippen molar-refractivity contribution in [3.05, 3.63) is 47.8 Å². The Kier molecular flexibility index (Phi) is 12.5. The number of aryl methyl sites for hydroxylation is 2. The quantitative estimate of drug-likeness (QED) is 0.641. The summed E-state index contributed by atoms with van der Waals surface area (Å²) in [6.07, 6.45) is 7.58. The van der Waals surface area contributed by atoms with Gasteiger partial charge in [0.2, 0.25) is 0 Å². The maximum absolute atomic E-state index is 4.25. The molecule has 0 unspecified atom stereocenters. The van der Waals surface area contributed by atoms with Crippen LogP contribution in [0.15, 0.2) is 31.0 Å². The summed E-state index contributed by atoms with van der Waals surface area (Å²) in [6.45, 7) is 15.7. The van der Waals surface area contributed by atoms with Crippen LogP contribution in [0.4, 0.5) is 0 Å². The van der Waals surface area contributed by atoms with Crippen molar-refractivity contribution in [3.63, 3.8) is 0 Å². The molecule has 0 spiro atoms. The van der Waals surface area contributed by atoms with Gasteiger partial charge in [-0.15, -0.1) is 0 Å². The molecular weight excluding hydrogens is 194 g/mol. The van der Waals surface area contributed by atoms with Gasteiger partial charge in [-0.05, 0) is 31.0 Å². The van der Waals surface area contributed by atoms with Gasteiger partial charge in [0, 0.05) is 11.9 Å². The summed E-state index contributed by atoms with van der Waals surface area (Å²) in [4.78, 5) is 4.25. The summed E-state index contributed by atoms with van der Waals surface area (Å²) < 4.78 is 0. The molecule has 0 saturated heterocycles. The van der Waals surface area contributed by atoms with Crippen LogP contribution in [0.3, 0.4) is 0 Å². The van der Waals surface area contributed by atoms with E-state index in [-0.39, 0.29) is 0 Å². The smallest absolute Gasteiger partial charge is 0.0445 e. The number of pyridine rings is 1. The van der Waals surface area contributed by atoms with Crippen LogP contribution < -0.4 is 0 Å². The molecule has 16 heavy (non-hydrogen) atoms. The van der Waals surface area contributed by atoms with Gasteiger partial charge in [-0.3, -0.25) is 4.98 Å². The van der Waals surface area contributed by atoms with Crippen molar-refractivity contribution < 1.29 is 0 Å². The first-order chi connectivity index (χ1) is 7.74. The second-order valence-electron chi connectivity index (χ2n) is 2.78. The topological polar surface area (TPSA) is 12.9 Å². The van der Waals surface area contributed by atoms with Gasteiger partial charge in [0.15, 0.2) is 0 Å². The first-order valence-electron chi connectivity index (χ1n) is 5.96. The Morgan fingerprint density at radius 2 is 1.69 bits per heavy atom. The van der Waals surface area contributed by atoms with Crippen molar-refractivity contribution in [2.45, 2.75) is 41.5 Å². The molecule has 1 aromatic rings. The molecule has 0 bridgehead atoms. The van der Waals surface area contributed by atoms with Crippen molar-refractivity contribution >= 4 is 6.08 Å². The van der Waals surface area contributed by atoms with E-state index in [0.29, 0.717) is 0 Å². The SMILES string of the molecule is C=C/C=C\c1cc(C)cnc1C.CC.CC. The fourth-order valence-electron chi connectivity index (χ4n) is 1.00. The number of allylic oxidation sites excluding steroid dienone is 2. The lowest BCUT2D eigenvalue weighted by molar-refractivity contribution is 1.16. The molecule has 1 heteroatoms. The highest BCUT2D eigenvalue weighted by atomic mass is 14.7. The Labute approximate surface area is 101 Å². The largest absolute Gasteiger partial charge is 0.261 e. The van der Waals surface area contributed by atoms with E-state index in [2.05, 4.69) is 17.6 Å². The molecule has 1 heterocycles. The molecule has 0 amide bonds. The van der Waals surface area contributed by atoms with Gasteiger partial charge >= 0.3 is 0 Å².